The molecule has 2 amide bonds. The number of urea groups is 1. The summed E-state index contributed by atoms with van der Waals surface area (Å²) in [6, 6.07) is 3.16. The molecular weight excluding hydrogens is 338 g/mol. The molecule has 0 aliphatic carbocycles. The lowest BCUT2D eigenvalue weighted by Gasteiger charge is -2.09. The molecule has 1 aromatic carbocycles. The molecule has 0 aromatic heterocycles. The summed E-state index contributed by atoms with van der Waals surface area (Å²) in [5.74, 6) is -1.47. The normalized spacial score (nSPS) is 11.5. The van der Waals surface area contributed by atoms with Crippen molar-refractivity contribution >= 4 is 39.3 Å². The van der Waals surface area contributed by atoms with Crippen LogP contribution >= 0.6 is 15.9 Å². The minimum Gasteiger partial charge on any atom is -0.479 e. The summed E-state index contributed by atoms with van der Waals surface area (Å²) in [4.78, 5) is 31.8. The van der Waals surface area contributed by atoms with Crippen LogP contribution < -0.4 is 10.6 Å². The molecule has 20 heavy (non-hydrogen) atoms. The van der Waals surface area contributed by atoms with Gasteiger partial charge in [0, 0.05) is 11.8 Å². The predicted molar refractivity (Wildman–Crippen MR) is 71.5 cm³/mol. The third kappa shape index (κ3) is 4.48. The molecule has 0 aliphatic rings. The van der Waals surface area contributed by atoms with Gasteiger partial charge in [-0.2, -0.15) is 0 Å². The number of nitrogens with zero attached hydrogens (tertiary/aromatic N) is 1. The van der Waals surface area contributed by atoms with Crippen LogP contribution in [0.1, 0.15) is 0 Å². The van der Waals surface area contributed by atoms with Crippen molar-refractivity contribution in [3.63, 3.8) is 0 Å². The summed E-state index contributed by atoms with van der Waals surface area (Å²) >= 11 is 2.99. The van der Waals surface area contributed by atoms with E-state index in [-0.39, 0.29) is 15.8 Å². The number of amides is 2. The fraction of sp³-hybridized carbons (Fsp3) is 0.200. The Balaban J connectivity index is 2.65. The van der Waals surface area contributed by atoms with Crippen molar-refractivity contribution in [1.82, 2.24) is 5.32 Å². The zero-order chi connectivity index (χ0) is 15.3. The van der Waals surface area contributed by atoms with Gasteiger partial charge in [-0.1, -0.05) is 0 Å². The monoisotopic (exact) mass is 347 g/mol. The minimum absolute atomic E-state index is 0.155. The van der Waals surface area contributed by atoms with E-state index in [1.807, 2.05) is 0 Å². The van der Waals surface area contributed by atoms with Gasteiger partial charge in [0.2, 0.25) is 0 Å². The Morgan fingerprint density at radius 1 is 1.45 bits per heavy atom. The van der Waals surface area contributed by atoms with Crippen molar-refractivity contribution in [1.29, 1.82) is 0 Å². The number of hydrogen-bond acceptors (Lipinski definition) is 5. The molecule has 0 saturated heterocycles. The number of benzene rings is 1. The van der Waals surface area contributed by atoms with Gasteiger partial charge in [0.05, 0.1) is 15.9 Å². The molecule has 0 saturated carbocycles. The van der Waals surface area contributed by atoms with Crippen LogP contribution in [0.2, 0.25) is 0 Å². The van der Waals surface area contributed by atoms with Gasteiger partial charge in [0.1, 0.15) is 0 Å². The Kier molecular flexibility index (Phi) is 5.41. The molecule has 0 fully saturated rings. The van der Waals surface area contributed by atoms with Crippen LogP contribution in [0.3, 0.4) is 0 Å². The lowest BCUT2D eigenvalue weighted by atomic mass is 10.3. The Hall–Kier alpha value is -2.20. The molecule has 0 spiro atoms. The van der Waals surface area contributed by atoms with E-state index >= 15 is 0 Å². The quantitative estimate of drug-likeness (QED) is 0.461. The Morgan fingerprint density at radius 2 is 2.10 bits per heavy atom. The van der Waals surface area contributed by atoms with Crippen molar-refractivity contribution in [2.75, 3.05) is 11.9 Å². The van der Waals surface area contributed by atoms with E-state index in [0.717, 1.165) is 6.07 Å². The number of aliphatic hydroxyl groups excluding tert-OH is 1. The highest BCUT2D eigenvalue weighted by atomic mass is 79.9. The maximum atomic E-state index is 11.4. The smallest absolute Gasteiger partial charge is 0.334 e. The van der Waals surface area contributed by atoms with Crippen molar-refractivity contribution in [2.45, 2.75) is 6.10 Å². The molecule has 108 valence electrons. The van der Waals surface area contributed by atoms with Crippen LogP contribution in [-0.4, -0.2) is 39.8 Å². The van der Waals surface area contributed by atoms with Crippen LogP contribution in [0.5, 0.6) is 0 Å². The topological polar surface area (TPSA) is 142 Å². The van der Waals surface area contributed by atoms with E-state index in [0.29, 0.717) is 0 Å². The molecule has 1 rings (SSSR count). The summed E-state index contributed by atoms with van der Waals surface area (Å²) in [6.07, 6.45) is -1.72. The molecular formula is C10H10BrN3O6. The molecule has 0 radical (unpaired) electrons. The second-order valence-electron chi connectivity index (χ2n) is 3.61. The van der Waals surface area contributed by atoms with Gasteiger partial charge in [-0.3, -0.25) is 10.1 Å². The minimum atomic E-state index is -1.72. The Morgan fingerprint density at radius 3 is 2.65 bits per heavy atom. The molecule has 1 atom stereocenters. The fourth-order valence-corrected chi connectivity index (χ4v) is 1.57. The van der Waals surface area contributed by atoms with Gasteiger partial charge in [0.15, 0.2) is 6.10 Å². The van der Waals surface area contributed by atoms with E-state index in [2.05, 4.69) is 26.6 Å². The number of carbonyl (C=O) groups is 2. The molecule has 0 bridgehead atoms. The number of nitro benzene ring substituents is 1. The van der Waals surface area contributed by atoms with Crippen LogP contribution in [0.4, 0.5) is 16.2 Å². The van der Waals surface area contributed by atoms with Crippen LogP contribution in [0.15, 0.2) is 22.7 Å². The number of aliphatic carboxylic acids is 1. The Labute approximate surface area is 120 Å². The van der Waals surface area contributed by atoms with E-state index in [4.69, 9.17) is 10.2 Å². The summed E-state index contributed by atoms with van der Waals surface area (Å²) in [5.41, 5.74) is -0.0735. The van der Waals surface area contributed by atoms with Gasteiger partial charge < -0.3 is 20.8 Å². The second-order valence-corrected chi connectivity index (χ2v) is 4.47. The molecule has 1 unspecified atom stereocenters. The predicted octanol–water partition coefficient (Wildman–Crippen LogP) is 0.924. The maximum Gasteiger partial charge on any atom is 0.334 e. The van der Waals surface area contributed by atoms with Gasteiger partial charge in [-0.15, -0.1) is 0 Å². The lowest BCUT2D eigenvalue weighted by molar-refractivity contribution is -0.385. The van der Waals surface area contributed by atoms with Gasteiger partial charge >= 0.3 is 12.0 Å². The highest BCUT2D eigenvalue weighted by Gasteiger charge is 2.16. The van der Waals surface area contributed by atoms with Gasteiger partial charge in [-0.25, -0.2) is 9.59 Å². The van der Waals surface area contributed by atoms with Crippen LogP contribution in [-0.2, 0) is 4.79 Å². The molecule has 1 aromatic rings. The number of aliphatic hydroxyl groups is 1. The summed E-state index contributed by atoms with van der Waals surface area (Å²) in [5, 5.41) is 32.5. The standard InChI is InChI=1S/C10H10BrN3O6/c11-6-2-1-5(3-7(6)14(19)20)13-10(18)12-4-8(15)9(16)17/h1-3,8,15H,4H2,(H,16,17)(H2,12,13,18). The number of carbonyl (C=O) groups excluding carboxylic acids is 1. The van der Waals surface area contributed by atoms with E-state index in [1.165, 1.54) is 12.1 Å². The maximum absolute atomic E-state index is 11.4. The average Bonchev–Trinajstić information content (AvgIpc) is 2.37. The largest absolute Gasteiger partial charge is 0.479 e. The summed E-state index contributed by atoms with van der Waals surface area (Å²) in [6.45, 7) is -0.486. The molecule has 4 N–H and O–H groups in total. The van der Waals surface area contributed by atoms with Crippen molar-refractivity contribution < 1.29 is 24.7 Å². The van der Waals surface area contributed by atoms with Crippen LogP contribution in [0, 0.1) is 10.1 Å². The van der Waals surface area contributed by atoms with Gasteiger partial charge in [0.25, 0.3) is 5.69 Å². The number of hydrogen-bond donors (Lipinski definition) is 4. The first kappa shape index (κ1) is 15.9. The highest BCUT2D eigenvalue weighted by molar-refractivity contribution is 9.10. The zero-order valence-electron chi connectivity index (χ0n) is 9.87. The van der Waals surface area contributed by atoms with Crippen molar-refractivity contribution in [3.05, 3.63) is 32.8 Å². The van der Waals surface area contributed by atoms with Crippen molar-refractivity contribution in [3.8, 4) is 0 Å². The zero-order valence-corrected chi connectivity index (χ0v) is 11.5. The molecule has 10 heteroatoms. The molecule has 0 aliphatic heterocycles. The number of nitrogens with one attached hydrogen (secondary N) is 2. The summed E-state index contributed by atoms with van der Waals surface area (Å²) in [7, 11) is 0. The number of anilines is 1. The van der Waals surface area contributed by atoms with E-state index in [9.17, 15) is 19.7 Å². The number of nitro groups is 1. The Bertz CT molecular complexity index is 550. The average molecular weight is 348 g/mol. The first-order chi connectivity index (χ1) is 9.31. The van der Waals surface area contributed by atoms with Gasteiger partial charge in [-0.05, 0) is 28.1 Å². The molecule has 0 heterocycles. The summed E-state index contributed by atoms with van der Waals surface area (Å²) < 4.78 is 0.259. The molecule has 9 nitrogen and oxygen atoms in total. The van der Waals surface area contributed by atoms with E-state index < -0.39 is 29.6 Å². The highest BCUT2D eigenvalue weighted by Crippen LogP contribution is 2.27. The lowest BCUT2D eigenvalue weighted by Crippen LogP contribution is -2.38. The van der Waals surface area contributed by atoms with Crippen molar-refractivity contribution in [2.24, 2.45) is 0 Å². The first-order valence-electron chi connectivity index (χ1n) is 5.21. The fourth-order valence-electron chi connectivity index (χ4n) is 1.18. The third-order valence-corrected chi connectivity index (χ3v) is 2.81. The number of rotatable bonds is 5. The van der Waals surface area contributed by atoms with E-state index in [1.54, 1.807) is 0 Å². The first-order valence-corrected chi connectivity index (χ1v) is 6.00. The second kappa shape index (κ2) is 6.82. The number of halogens is 1. The number of carboxylic acids is 1. The van der Waals surface area contributed by atoms with Crippen LogP contribution in [0.25, 0.3) is 0 Å². The number of carboxylic acid groups (broad SMARTS) is 1. The SMILES string of the molecule is O=C(NCC(O)C(=O)O)Nc1ccc(Br)c([N+](=O)[O-])c1. The third-order valence-electron chi connectivity index (χ3n) is 2.14.